The van der Waals surface area contributed by atoms with Crippen LogP contribution in [0.4, 0.5) is 0 Å². The zero-order valence-electron chi connectivity index (χ0n) is 7.17. The fourth-order valence-electron chi connectivity index (χ4n) is 1.04. The van der Waals surface area contributed by atoms with E-state index in [-0.39, 0.29) is 5.78 Å². The van der Waals surface area contributed by atoms with Gasteiger partial charge in [0.15, 0.2) is 5.78 Å². The van der Waals surface area contributed by atoms with E-state index >= 15 is 0 Å². The standard InChI is InChI=1S/C10H8BrNO/c1-2-10(13)9-5-8(11)4-3-7(9)6-12/h3-5H,2H2,1H3. The molecule has 0 radical (unpaired) electrons. The molecule has 2 nitrogen and oxygen atoms in total. The molecule has 0 saturated carbocycles. The highest BCUT2D eigenvalue weighted by molar-refractivity contribution is 9.10. The van der Waals surface area contributed by atoms with Crippen LogP contribution in [0.15, 0.2) is 22.7 Å². The number of carbonyl (C=O) groups excluding carboxylic acids is 1. The van der Waals surface area contributed by atoms with E-state index in [4.69, 9.17) is 5.26 Å². The van der Waals surface area contributed by atoms with Crippen LogP contribution in [0.3, 0.4) is 0 Å². The van der Waals surface area contributed by atoms with E-state index in [0.29, 0.717) is 17.5 Å². The summed E-state index contributed by atoms with van der Waals surface area (Å²) in [5.74, 6) is -0.00199. The van der Waals surface area contributed by atoms with E-state index in [1.54, 1.807) is 25.1 Å². The fraction of sp³-hybridized carbons (Fsp3) is 0.200. The van der Waals surface area contributed by atoms with Gasteiger partial charge < -0.3 is 0 Å². The van der Waals surface area contributed by atoms with E-state index < -0.39 is 0 Å². The van der Waals surface area contributed by atoms with Crippen molar-refractivity contribution in [3.63, 3.8) is 0 Å². The van der Waals surface area contributed by atoms with Gasteiger partial charge >= 0.3 is 0 Å². The summed E-state index contributed by atoms with van der Waals surface area (Å²) in [4.78, 5) is 11.4. The second-order valence-corrected chi connectivity index (χ2v) is 3.49. The van der Waals surface area contributed by atoms with Crippen molar-refractivity contribution in [3.05, 3.63) is 33.8 Å². The molecular formula is C10H8BrNO. The summed E-state index contributed by atoms with van der Waals surface area (Å²) >= 11 is 3.26. The van der Waals surface area contributed by atoms with E-state index in [1.807, 2.05) is 6.07 Å². The lowest BCUT2D eigenvalue weighted by molar-refractivity contribution is 0.0988. The average molecular weight is 238 g/mol. The van der Waals surface area contributed by atoms with Gasteiger partial charge in [0.25, 0.3) is 0 Å². The van der Waals surface area contributed by atoms with Crippen molar-refractivity contribution in [1.29, 1.82) is 5.26 Å². The monoisotopic (exact) mass is 237 g/mol. The van der Waals surface area contributed by atoms with Crippen LogP contribution in [0.1, 0.15) is 29.3 Å². The summed E-state index contributed by atoms with van der Waals surface area (Å²) in [6.45, 7) is 1.78. The SMILES string of the molecule is CCC(=O)c1cc(Br)ccc1C#N. The minimum absolute atomic E-state index is 0.00199. The number of nitriles is 1. The minimum Gasteiger partial charge on any atom is -0.294 e. The molecule has 1 aromatic carbocycles. The zero-order valence-corrected chi connectivity index (χ0v) is 8.76. The highest BCUT2D eigenvalue weighted by Crippen LogP contribution is 2.17. The molecule has 0 aliphatic rings. The highest BCUT2D eigenvalue weighted by atomic mass is 79.9. The molecule has 0 amide bonds. The molecule has 0 aliphatic carbocycles. The van der Waals surface area contributed by atoms with Gasteiger partial charge in [0.1, 0.15) is 0 Å². The molecule has 1 aromatic rings. The number of halogens is 1. The Hall–Kier alpha value is -1.14. The van der Waals surface area contributed by atoms with Crippen LogP contribution in [0.2, 0.25) is 0 Å². The largest absolute Gasteiger partial charge is 0.294 e. The molecule has 0 heterocycles. The van der Waals surface area contributed by atoms with Crippen molar-refractivity contribution in [2.75, 3.05) is 0 Å². The Balaban J connectivity index is 3.25. The second kappa shape index (κ2) is 4.20. The lowest BCUT2D eigenvalue weighted by Gasteiger charge is -2.00. The molecule has 0 atom stereocenters. The normalized spacial score (nSPS) is 9.31. The van der Waals surface area contributed by atoms with Gasteiger partial charge in [-0.25, -0.2) is 0 Å². The predicted molar refractivity (Wildman–Crippen MR) is 53.5 cm³/mol. The molecule has 0 bridgehead atoms. The van der Waals surface area contributed by atoms with Crippen LogP contribution in [0.25, 0.3) is 0 Å². The first kappa shape index (κ1) is 9.94. The first-order valence-electron chi connectivity index (χ1n) is 3.92. The second-order valence-electron chi connectivity index (χ2n) is 2.58. The molecule has 66 valence electrons. The molecule has 0 fully saturated rings. The van der Waals surface area contributed by atoms with Crippen LogP contribution >= 0.6 is 15.9 Å². The highest BCUT2D eigenvalue weighted by Gasteiger charge is 2.09. The van der Waals surface area contributed by atoms with Gasteiger partial charge in [0, 0.05) is 16.5 Å². The molecule has 0 aliphatic heterocycles. The molecular weight excluding hydrogens is 230 g/mol. The Labute approximate surface area is 85.3 Å². The van der Waals surface area contributed by atoms with Crippen LogP contribution in [0.5, 0.6) is 0 Å². The number of rotatable bonds is 2. The third-order valence-corrected chi connectivity index (χ3v) is 2.22. The summed E-state index contributed by atoms with van der Waals surface area (Å²) in [5.41, 5.74) is 0.939. The third-order valence-electron chi connectivity index (χ3n) is 1.72. The first-order valence-corrected chi connectivity index (χ1v) is 4.71. The summed E-state index contributed by atoms with van der Waals surface area (Å²) in [6.07, 6.45) is 0.422. The maximum absolute atomic E-state index is 11.4. The van der Waals surface area contributed by atoms with Gasteiger partial charge in [0.2, 0.25) is 0 Å². The van der Waals surface area contributed by atoms with Gasteiger partial charge in [-0.15, -0.1) is 0 Å². The van der Waals surface area contributed by atoms with E-state index in [1.165, 1.54) is 0 Å². The quantitative estimate of drug-likeness (QED) is 0.743. The summed E-state index contributed by atoms with van der Waals surface area (Å²) in [6, 6.07) is 7.08. The number of carbonyl (C=O) groups is 1. The smallest absolute Gasteiger partial charge is 0.163 e. The van der Waals surface area contributed by atoms with Crippen molar-refractivity contribution in [2.45, 2.75) is 13.3 Å². The van der Waals surface area contributed by atoms with Gasteiger partial charge in [-0.05, 0) is 18.2 Å². The Bertz CT molecular complexity index is 379. The molecule has 0 saturated heterocycles. The molecule has 0 N–H and O–H groups in total. The Morgan fingerprint density at radius 1 is 1.62 bits per heavy atom. The maximum Gasteiger partial charge on any atom is 0.163 e. The lowest BCUT2D eigenvalue weighted by Crippen LogP contribution is -1.99. The number of nitrogens with zero attached hydrogens (tertiary/aromatic N) is 1. The minimum atomic E-state index is -0.00199. The third kappa shape index (κ3) is 2.16. The summed E-state index contributed by atoms with van der Waals surface area (Å²) < 4.78 is 0.823. The van der Waals surface area contributed by atoms with Crippen LogP contribution in [-0.2, 0) is 0 Å². The zero-order chi connectivity index (χ0) is 9.84. The van der Waals surface area contributed by atoms with Crippen LogP contribution in [-0.4, -0.2) is 5.78 Å². The van der Waals surface area contributed by atoms with Crippen LogP contribution in [0, 0.1) is 11.3 Å². The topological polar surface area (TPSA) is 40.9 Å². The van der Waals surface area contributed by atoms with Crippen molar-refractivity contribution < 1.29 is 4.79 Å². The van der Waals surface area contributed by atoms with Crippen molar-refractivity contribution in [1.82, 2.24) is 0 Å². The number of hydrogen-bond donors (Lipinski definition) is 0. The lowest BCUT2D eigenvalue weighted by atomic mass is 10.0. The Morgan fingerprint density at radius 2 is 2.31 bits per heavy atom. The number of hydrogen-bond acceptors (Lipinski definition) is 2. The van der Waals surface area contributed by atoms with E-state index in [9.17, 15) is 4.79 Å². The van der Waals surface area contributed by atoms with Crippen molar-refractivity contribution in [3.8, 4) is 6.07 Å². The maximum atomic E-state index is 11.4. The molecule has 1 rings (SSSR count). The molecule has 0 unspecified atom stereocenters. The molecule has 13 heavy (non-hydrogen) atoms. The van der Waals surface area contributed by atoms with Crippen molar-refractivity contribution in [2.24, 2.45) is 0 Å². The number of ketones is 1. The summed E-state index contributed by atoms with van der Waals surface area (Å²) in [7, 11) is 0. The van der Waals surface area contributed by atoms with E-state index in [0.717, 1.165) is 4.47 Å². The van der Waals surface area contributed by atoms with Gasteiger partial charge in [-0.2, -0.15) is 5.26 Å². The first-order chi connectivity index (χ1) is 6.19. The molecule has 0 spiro atoms. The predicted octanol–water partition coefficient (Wildman–Crippen LogP) is 2.91. The number of benzene rings is 1. The molecule has 3 heteroatoms. The van der Waals surface area contributed by atoms with Crippen molar-refractivity contribution >= 4 is 21.7 Å². The van der Waals surface area contributed by atoms with E-state index in [2.05, 4.69) is 15.9 Å². The Kier molecular flexibility index (Phi) is 3.21. The Morgan fingerprint density at radius 3 is 2.85 bits per heavy atom. The van der Waals surface area contributed by atoms with Gasteiger partial charge in [-0.3, -0.25) is 4.79 Å². The number of Topliss-reactive ketones (excluding diaryl/α,β-unsaturated/α-hetero) is 1. The fourth-order valence-corrected chi connectivity index (χ4v) is 1.40. The molecule has 0 aromatic heterocycles. The summed E-state index contributed by atoms with van der Waals surface area (Å²) in [5, 5.41) is 8.74. The van der Waals surface area contributed by atoms with Gasteiger partial charge in [-0.1, -0.05) is 22.9 Å². The van der Waals surface area contributed by atoms with Crippen LogP contribution < -0.4 is 0 Å². The van der Waals surface area contributed by atoms with Gasteiger partial charge in [0.05, 0.1) is 11.6 Å². The average Bonchev–Trinajstić information content (AvgIpc) is 2.16.